The fourth-order valence-electron chi connectivity index (χ4n) is 2.66. The van der Waals surface area contributed by atoms with Gasteiger partial charge in [-0.2, -0.15) is 12.0 Å². The van der Waals surface area contributed by atoms with Crippen LogP contribution in [-0.2, 0) is 14.0 Å². The highest BCUT2D eigenvalue weighted by molar-refractivity contribution is 8.88. The molecule has 120 valence electrons. The molecule has 0 amide bonds. The lowest BCUT2D eigenvalue weighted by molar-refractivity contribution is 0.343. The lowest BCUT2D eigenvalue weighted by Crippen LogP contribution is -2.34. The highest BCUT2D eigenvalue weighted by atomic mass is 33.1. The summed E-state index contributed by atoms with van der Waals surface area (Å²) < 4.78 is 36.0. The van der Waals surface area contributed by atoms with Crippen molar-refractivity contribution in [1.29, 1.82) is 0 Å². The van der Waals surface area contributed by atoms with Gasteiger partial charge in [-0.3, -0.25) is 9.45 Å². The van der Waals surface area contributed by atoms with E-state index in [4.69, 9.17) is 8.18 Å². The molecule has 0 bridgehead atoms. The molecule has 21 heavy (non-hydrogen) atoms. The average Bonchev–Trinajstić information content (AvgIpc) is 3.06. The zero-order chi connectivity index (χ0) is 14.9. The van der Waals surface area contributed by atoms with E-state index in [0.29, 0.717) is 5.11 Å². The van der Waals surface area contributed by atoms with Gasteiger partial charge in [-0.05, 0) is 25.7 Å². The fourth-order valence-corrected chi connectivity index (χ4v) is 7.24. The van der Waals surface area contributed by atoms with Crippen LogP contribution in [0, 0.1) is 0 Å². The van der Waals surface area contributed by atoms with Gasteiger partial charge in [0.25, 0.3) is 0 Å². The largest absolute Gasteiger partial charge is 0.408 e. The molecule has 0 saturated carbocycles. The second-order valence-corrected chi connectivity index (χ2v) is 9.41. The zero-order valence-corrected chi connectivity index (χ0v) is 14.1. The molecular formula is C11H19N3O4S3. The van der Waals surface area contributed by atoms with E-state index in [2.05, 4.69) is 14.8 Å². The molecule has 2 fully saturated rings. The molecule has 3 aliphatic heterocycles. The number of likely N-dealkylation sites (tertiary alicyclic amines) is 2. The van der Waals surface area contributed by atoms with E-state index < -0.39 is 20.2 Å². The first-order chi connectivity index (χ1) is 10.0. The topological polar surface area (TPSA) is 82.4 Å². The summed E-state index contributed by atoms with van der Waals surface area (Å²) in [5, 5.41) is 1.47. The molecule has 0 aliphatic carbocycles. The van der Waals surface area contributed by atoms with Gasteiger partial charge in [0.1, 0.15) is 0 Å². The third kappa shape index (κ3) is 3.99. The summed E-state index contributed by atoms with van der Waals surface area (Å²) in [6.07, 6.45) is 5.60. The van der Waals surface area contributed by atoms with Gasteiger partial charge in [0.05, 0.1) is 9.80 Å². The Morgan fingerprint density at radius 1 is 1.05 bits per heavy atom. The normalized spacial score (nSPS) is 28.2. The Kier molecular flexibility index (Phi) is 4.91. The Balaban J connectivity index is 1.82. The molecule has 0 aromatic heterocycles. The molecule has 10 heteroatoms. The Morgan fingerprint density at radius 2 is 1.62 bits per heavy atom. The molecule has 0 spiro atoms. The van der Waals surface area contributed by atoms with Crippen molar-refractivity contribution in [3.8, 4) is 0 Å². The molecule has 1 unspecified atom stereocenters. The van der Waals surface area contributed by atoms with E-state index in [9.17, 15) is 8.42 Å². The third-order valence-electron chi connectivity index (χ3n) is 3.64. The predicted octanol–water partition coefficient (Wildman–Crippen LogP) is 1.68. The summed E-state index contributed by atoms with van der Waals surface area (Å²) in [7, 11) is -4.26. The van der Waals surface area contributed by atoms with Gasteiger partial charge in [-0.1, -0.05) is 6.42 Å². The van der Waals surface area contributed by atoms with E-state index in [-0.39, 0.29) is 0 Å². The molecule has 2 saturated heterocycles. The quantitative estimate of drug-likeness (QED) is 0.459. The third-order valence-corrected chi connectivity index (χ3v) is 7.97. The maximum atomic E-state index is 11.1. The lowest BCUT2D eigenvalue weighted by Gasteiger charge is -2.25. The standard InChI is InChI=1S/C11H19N3O4S3/c15-21(16,17)18-20-11(14-8-2-1-3-9-14)12-10(19-20)13-6-4-5-7-13/h1-9H2,(H,15,16,17). The molecule has 7 nitrogen and oxygen atoms in total. The van der Waals surface area contributed by atoms with Crippen LogP contribution >= 0.6 is 20.6 Å². The van der Waals surface area contributed by atoms with Crippen LogP contribution in [0.5, 0.6) is 0 Å². The van der Waals surface area contributed by atoms with E-state index >= 15 is 0 Å². The van der Waals surface area contributed by atoms with Crippen molar-refractivity contribution in [1.82, 2.24) is 9.80 Å². The summed E-state index contributed by atoms with van der Waals surface area (Å²) >= 11 is 0. The van der Waals surface area contributed by atoms with Crippen molar-refractivity contribution in [2.24, 2.45) is 4.99 Å². The van der Waals surface area contributed by atoms with Gasteiger partial charge in [0, 0.05) is 37.0 Å². The summed E-state index contributed by atoms with van der Waals surface area (Å²) in [6, 6.07) is 0. The summed E-state index contributed by atoms with van der Waals surface area (Å²) in [5.74, 6) is 0. The van der Waals surface area contributed by atoms with Crippen molar-refractivity contribution in [3.63, 3.8) is 0 Å². The van der Waals surface area contributed by atoms with E-state index in [0.717, 1.165) is 57.0 Å². The maximum absolute atomic E-state index is 11.1. The zero-order valence-electron chi connectivity index (χ0n) is 11.6. The molecule has 1 N–H and O–H groups in total. The minimum Gasteiger partial charge on any atom is -0.350 e. The highest BCUT2D eigenvalue weighted by Gasteiger charge is 2.31. The van der Waals surface area contributed by atoms with Gasteiger partial charge >= 0.3 is 10.4 Å². The molecule has 3 aliphatic rings. The summed E-state index contributed by atoms with van der Waals surface area (Å²) in [5.41, 5.74) is 0. The number of amidine groups is 1. The summed E-state index contributed by atoms with van der Waals surface area (Å²) in [6.45, 7) is 3.63. The van der Waals surface area contributed by atoms with Crippen molar-refractivity contribution in [3.05, 3.63) is 0 Å². The van der Waals surface area contributed by atoms with Crippen LogP contribution < -0.4 is 0 Å². The number of aliphatic imine (C=N–C) groups is 1. The van der Waals surface area contributed by atoms with E-state index in [1.54, 1.807) is 0 Å². The van der Waals surface area contributed by atoms with Crippen molar-refractivity contribution < 1.29 is 16.6 Å². The minimum absolute atomic E-state index is 0.652. The van der Waals surface area contributed by atoms with Gasteiger partial charge in [-0.25, -0.2) is 4.99 Å². The number of hydrogen-bond acceptors (Lipinski definition) is 7. The number of rotatable bonds is 2. The van der Waals surface area contributed by atoms with Crippen LogP contribution in [-0.4, -0.2) is 59.2 Å². The molecule has 0 aromatic rings. The first-order valence-electron chi connectivity index (χ1n) is 7.08. The Morgan fingerprint density at radius 3 is 2.24 bits per heavy atom. The van der Waals surface area contributed by atoms with Gasteiger partial charge < -0.3 is 4.90 Å². The van der Waals surface area contributed by atoms with Crippen LogP contribution in [0.25, 0.3) is 0 Å². The van der Waals surface area contributed by atoms with Crippen LogP contribution in [0.2, 0.25) is 0 Å². The molecule has 3 rings (SSSR count). The van der Waals surface area contributed by atoms with Crippen LogP contribution in [0.15, 0.2) is 4.99 Å². The first kappa shape index (κ1) is 15.8. The van der Waals surface area contributed by atoms with Crippen molar-refractivity contribution >= 4 is 41.3 Å². The monoisotopic (exact) mass is 353 g/mol. The molecular weight excluding hydrogens is 334 g/mol. The molecule has 0 aromatic carbocycles. The van der Waals surface area contributed by atoms with Crippen molar-refractivity contribution in [2.75, 3.05) is 26.2 Å². The van der Waals surface area contributed by atoms with Gasteiger partial charge in [-0.15, -0.1) is 0 Å². The molecule has 3 heterocycles. The summed E-state index contributed by atoms with van der Waals surface area (Å²) in [4.78, 5) is 8.87. The Bertz CT molecular complexity index is 563. The highest BCUT2D eigenvalue weighted by Crippen LogP contribution is 2.43. The number of piperidine rings is 1. The smallest absolute Gasteiger partial charge is 0.350 e. The SMILES string of the molecule is O=S(=O)(O)OS1=C(N2CCCCC2)N=C(N2CCCC2)S1. The van der Waals surface area contributed by atoms with Gasteiger partial charge in [0.15, 0.2) is 10.3 Å². The lowest BCUT2D eigenvalue weighted by atomic mass is 10.1. The van der Waals surface area contributed by atoms with Crippen molar-refractivity contribution in [2.45, 2.75) is 32.1 Å². The minimum atomic E-state index is -4.47. The predicted molar refractivity (Wildman–Crippen MR) is 86.5 cm³/mol. The number of hydrogen-bond donors (Lipinski definition) is 1. The van der Waals surface area contributed by atoms with Crippen LogP contribution in [0.3, 0.4) is 0 Å². The van der Waals surface area contributed by atoms with E-state index in [1.807, 2.05) is 0 Å². The fraction of sp³-hybridized carbons (Fsp3) is 0.818. The van der Waals surface area contributed by atoms with Gasteiger partial charge in [0.2, 0.25) is 0 Å². The molecule has 0 radical (unpaired) electrons. The maximum Gasteiger partial charge on any atom is 0.408 e. The van der Waals surface area contributed by atoms with Crippen LogP contribution in [0.1, 0.15) is 32.1 Å². The first-order valence-corrected chi connectivity index (χ1v) is 10.9. The second-order valence-electron chi connectivity index (χ2n) is 5.23. The Hall–Kier alpha value is -0.130. The molecule has 1 atom stereocenters. The Labute approximate surface area is 131 Å². The van der Waals surface area contributed by atoms with Crippen LogP contribution in [0.4, 0.5) is 0 Å². The second kappa shape index (κ2) is 6.55. The van der Waals surface area contributed by atoms with E-state index in [1.165, 1.54) is 17.2 Å². The number of nitrogens with zero attached hydrogens (tertiary/aromatic N) is 3. The average molecular weight is 353 g/mol.